The Kier molecular flexibility index (Phi) is 3.43. The highest BCUT2D eigenvalue weighted by molar-refractivity contribution is 9.10. The number of hydrogen-bond acceptors (Lipinski definition) is 4. The lowest BCUT2D eigenvalue weighted by atomic mass is 9.97. The third kappa shape index (κ3) is 2.40. The molecule has 21 heavy (non-hydrogen) atoms. The van der Waals surface area contributed by atoms with Crippen LogP contribution in [-0.2, 0) is 0 Å². The van der Waals surface area contributed by atoms with Crippen molar-refractivity contribution < 1.29 is 19.7 Å². The zero-order valence-corrected chi connectivity index (χ0v) is 12.4. The minimum absolute atomic E-state index is 0.000413. The zero-order valence-electron chi connectivity index (χ0n) is 10.8. The molecule has 0 spiro atoms. The smallest absolute Gasteiger partial charge is 0.200 e. The van der Waals surface area contributed by atoms with Gasteiger partial charge in [-0.25, -0.2) is 0 Å². The van der Waals surface area contributed by atoms with E-state index >= 15 is 0 Å². The molecule has 0 saturated heterocycles. The fraction of sp³-hybridized carbons (Fsp3) is 0.0625. The molecule has 106 valence electrons. The summed E-state index contributed by atoms with van der Waals surface area (Å²) in [5.41, 5.74) is 1.25. The molecule has 1 heterocycles. The minimum Gasteiger partial charge on any atom is -0.504 e. The number of fused-ring (bicyclic) bond motifs is 1. The molecule has 0 unspecified atom stereocenters. The van der Waals surface area contributed by atoms with Crippen LogP contribution in [0.5, 0.6) is 17.2 Å². The van der Waals surface area contributed by atoms with E-state index in [1.807, 2.05) is 24.3 Å². The molecular formula is C16H11BrO4. The lowest BCUT2D eigenvalue weighted by molar-refractivity contribution is 0.0996. The highest BCUT2D eigenvalue weighted by Crippen LogP contribution is 2.40. The lowest BCUT2D eigenvalue weighted by Gasteiger charge is -2.20. The van der Waals surface area contributed by atoms with Crippen LogP contribution < -0.4 is 4.74 Å². The van der Waals surface area contributed by atoms with Crippen LogP contribution in [0.25, 0.3) is 6.08 Å². The number of aromatic hydroxyl groups is 2. The van der Waals surface area contributed by atoms with E-state index in [4.69, 9.17) is 4.74 Å². The van der Waals surface area contributed by atoms with Gasteiger partial charge in [0.2, 0.25) is 0 Å². The Morgan fingerprint density at radius 1 is 1.14 bits per heavy atom. The standard InChI is InChI=1S/C16H11BrO4/c17-11-4-2-1-3-9(11)7-10-8-21-13-6-5-12(18)16(20)14(13)15(10)19/h1-7,18,20H,8H2/b10-7+. The number of hydrogen-bond donors (Lipinski definition) is 2. The van der Waals surface area contributed by atoms with Gasteiger partial charge < -0.3 is 14.9 Å². The summed E-state index contributed by atoms with van der Waals surface area (Å²) in [4.78, 5) is 12.5. The maximum atomic E-state index is 12.5. The van der Waals surface area contributed by atoms with Gasteiger partial charge in [0, 0.05) is 10.0 Å². The van der Waals surface area contributed by atoms with Gasteiger partial charge in [0.1, 0.15) is 17.9 Å². The van der Waals surface area contributed by atoms with Crippen molar-refractivity contribution in [2.45, 2.75) is 0 Å². The topological polar surface area (TPSA) is 66.8 Å². The number of ether oxygens (including phenoxy) is 1. The molecule has 3 rings (SSSR count). The number of Topliss-reactive ketones (excluding diaryl/α,β-unsaturated/α-hetero) is 1. The third-order valence-electron chi connectivity index (χ3n) is 3.26. The molecule has 4 nitrogen and oxygen atoms in total. The molecule has 2 N–H and O–H groups in total. The van der Waals surface area contributed by atoms with Gasteiger partial charge in [-0.15, -0.1) is 0 Å². The number of carbonyl (C=O) groups is 1. The van der Waals surface area contributed by atoms with Crippen molar-refractivity contribution in [3.63, 3.8) is 0 Å². The van der Waals surface area contributed by atoms with Crippen LogP contribution in [0.1, 0.15) is 15.9 Å². The largest absolute Gasteiger partial charge is 0.504 e. The molecule has 1 aliphatic rings. The van der Waals surface area contributed by atoms with Crippen molar-refractivity contribution in [2.75, 3.05) is 6.61 Å². The lowest BCUT2D eigenvalue weighted by Crippen LogP contribution is -2.19. The number of phenolic OH excluding ortho intramolecular Hbond substituents is 2. The van der Waals surface area contributed by atoms with Crippen molar-refractivity contribution in [1.82, 2.24) is 0 Å². The average molecular weight is 347 g/mol. The summed E-state index contributed by atoms with van der Waals surface area (Å²) in [5, 5.41) is 19.4. The monoisotopic (exact) mass is 346 g/mol. The van der Waals surface area contributed by atoms with Crippen LogP contribution in [0.3, 0.4) is 0 Å². The normalized spacial score (nSPS) is 15.7. The summed E-state index contributed by atoms with van der Waals surface area (Å²) in [6.07, 6.45) is 1.71. The molecule has 0 atom stereocenters. The van der Waals surface area contributed by atoms with E-state index in [0.29, 0.717) is 5.57 Å². The molecule has 0 bridgehead atoms. The molecule has 0 radical (unpaired) electrons. The van der Waals surface area contributed by atoms with Crippen LogP contribution in [0, 0.1) is 0 Å². The summed E-state index contributed by atoms with van der Waals surface area (Å²) >= 11 is 3.41. The SMILES string of the molecule is O=C1/C(=C/c2ccccc2Br)COc2ccc(O)c(O)c21. The maximum Gasteiger partial charge on any atom is 0.200 e. The number of carbonyl (C=O) groups excluding carboxylic acids is 1. The Hall–Kier alpha value is -2.27. The first kappa shape index (κ1) is 13.7. The second kappa shape index (κ2) is 5.26. The highest BCUT2D eigenvalue weighted by Gasteiger charge is 2.28. The van der Waals surface area contributed by atoms with E-state index in [9.17, 15) is 15.0 Å². The molecular weight excluding hydrogens is 336 g/mol. The van der Waals surface area contributed by atoms with Crippen LogP contribution in [-0.4, -0.2) is 22.6 Å². The number of ketones is 1. The van der Waals surface area contributed by atoms with Crippen molar-refractivity contribution in [2.24, 2.45) is 0 Å². The predicted octanol–water partition coefficient (Wildman–Crippen LogP) is 3.52. The summed E-state index contributed by atoms with van der Waals surface area (Å²) in [6, 6.07) is 10.2. The Bertz CT molecular complexity index is 765. The quantitative estimate of drug-likeness (QED) is 0.612. The van der Waals surface area contributed by atoms with Gasteiger partial charge in [-0.3, -0.25) is 4.79 Å². The fourth-order valence-electron chi connectivity index (χ4n) is 2.17. The molecule has 2 aromatic rings. The minimum atomic E-state index is -0.449. The Balaban J connectivity index is 2.07. The summed E-state index contributed by atoms with van der Waals surface area (Å²) < 4.78 is 6.34. The maximum absolute atomic E-state index is 12.5. The number of benzene rings is 2. The van der Waals surface area contributed by atoms with Crippen LogP contribution in [0.2, 0.25) is 0 Å². The fourth-order valence-corrected chi connectivity index (χ4v) is 2.57. The van der Waals surface area contributed by atoms with Crippen molar-refractivity contribution in [3.05, 3.63) is 57.6 Å². The summed E-state index contributed by atoms with van der Waals surface area (Å²) in [5.74, 6) is -0.858. The van der Waals surface area contributed by atoms with Crippen LogP contribution in [0.15, 0.2) is 46.4 Å². The second-order valence-corrected chi connectivity index (χ2v) is 5.47. The first-order chi connectivity index (χ1) is 10.1. The Morgan fingerprint density at radius 3 is 2.67 bits per heavy atom. The molecule has 0 saturated carbocycles. The van der Waals surface area contributed by atoms with Gasteiger partial charge >= 0.3 is 0 Å². The summed E-state index contributed by atoms with van der Waals surface area (Å²) in [7, 11) is 0. The first-order valence-corrected chi connectivity index (χ1v) is 7.05. The van der Waals surface area contributed by atoms with E-state index in [-0.39, 0.29) is 29.5 Å². The summed E-state index contributed by atoms with van der Waals surface area (Å²) in [6.45, 7) is 0.122. The predicted molar refractivity (Wildman–Crippen MR) is 81.7 cm³/mol. The van der Waals surface area contributed by atoms with E-state index in [2.05, 4.69) is 15.9 Å². The van der Waals surface area contributed by atoms with Gasteiger partial charge in [-0.05, 0) is 29.8 Å². The van der Waals surface area contributed by atoms with Crippen LogP contribution in [0.4, 0.5) is 0 Å². The molecule has 0 fully saturated rings. The Labute approximate surface area is 129 Å². The first-order valence-electron chi connectivity index (χ1n) is 6.25. The number of halogens is 1. The van der Waals surface area contributed by atoms with Crippen molar-refractivity contribution in [1.29, 1.82) is 0 Å². The van der Waals surface area contributed by atoms with Gasteiger partial charge in [-0.1, -0.05) is 34.1 Å². The third-order valence-corrected chi connectivity index (χ3v) is 3.98. The molecule has 2 aromatic carbocycles. The average Bonchev–Trinajstić information content (AvgIpc) is 2.48. The number of rotatable bonds is 1. The zero-order chi connectivity index (χ0) is 15.0. The second-order valence-electron chi connectivity index (χ2n) is 4.62. The van der Waals surface area contributed by atoms with Gasteiger partial charge in [0.25, 0.3) is 0 Å². The van der Waals surface area contributed by atoms with Crippen LogP contribution >= 0.6 is 15.9 Å². The van der Waals surface area contributed by atoms with Crippen molar-refractivity contribution in [3.8, 4) is 17.2 Å². The number of phenols is 2. The molecule has 0 amide bonds. The van der Waals surface area contributed by atoms with E-state index in [1.165, 1.54) is 12.1 Å². The van der Waals surface area contributed by atoms with Crippen molar-refractivity contribution >= 4 is 27.8 Å². The van der Waals surface area contributed by atoms with Gasteiger partial charge in [0.15, 0.2) is 17.3 Å². The molecule has 1 aliphatic heterocycles. The van der Waals surface area contributed by atoms with Gasteiger partial charge in [0.05, 0.1) is 0 Å². The van der Waals surface area contributed by atoms with E-state index in [0.717, 1.165) is 10.0 Å². The van der Waals surface area contributed by atoms with E-state index < -0.39 is 5.75 Å². The van der Waals surface area contributed by atoms with Gasteiger partial charge in [-0.2, -0.15) is 0 Å². The van der Waals surface area contributed by atoms with E-state index in [1.54, 1.807) is 6.08 Å². The highest BCUT2D eigenvalue weighted by atomic mass is 79.9. The Morgan fingerprint density at radius 2 is 1.90 bits per heavy atom. The molecule has 0 aromatic heterocycles. The molecule has 0 aliphatic carbocycles. The molecule has 5 heteroatoms.